The largest absolute Gasteiger partial charge is 0.316 e. The van der Waals surface area contributed by atoms with Crippen LogP contribution in [0.4, 0.5) is 0 Å². The van der Waals surface area contributed by atoms with Crippen LogP contribution in [0.3, 0.4) is 0 Å². The van der Waals surface area contributed by atoms with Gasteiger partial charge in [-0.05, 0) is 47.4 Å². The van der Waals surface area contributed by atoms with Gasteiger partial charge in [0.1, 0.15) is 0 Å². The van der Waals surface area contributed by atoms with E-state index in [-0.39, 0.29) is 0 Å². The number of benzene rings is 1. The zero-order chi connectivity index (χ0) is 14.8. The van der Waals surface area contributed by atoms with Gasteiger partial charge < -0.3 is 5.32 Å². The van der Waals surface area contributed by atoms with E-state index < -0.39 is 0 Å². The maximum Gasteiger partial charge on any atom is 0.0311 e. The summed E-state index contributed by atoms with van der Waals surface area (Å²) in [5, 5.41) is 3.50. The standard InChI is InChI=1S/C17H28BrNS/c1-4-6-9-14(5-2)12-15(19-3)13-20-17-11-8-7-10-16(17)18/h7-8,10-11,14-15,19H,4-6,9,12-13H2,1-3H3. The van der Waals surface area contributed by atoms with E-state index in [1.165, 1.54) is 41.5 Å². The average Bonchev–Trinajstić information content (AvgIpc) is 2.48. The lowest BCUT2D eigenvalue weighted by molar-refractivity contribution is 0.375. The number of halogens is 1. The fraction of sp³-hybridized carbons (Fsp3) is 0.647. The van der Waals surface area contributed by atoms with Crippen molar-refractivity contribution in [3.05, 3.63) is 28.7 Å². The molecule has 1 N–H and O–H groups in total. The normalized spacial score (nSPS) is 14.2. The topological polar surface area (TPSA) is 12.0 Å². The second kappa shape index (κ2) is 10.7. The van der Waals surface area contributed by atoms with Crippen LogP contribution < -0.4 is 5.32 Å². The van der Waals surface area contributed by atoms with Crippen molar-refractivity contribution in [1.82, 2.24) is 5.32 Å². The molecule has 3 heteroatoms. The van der Waals surface area contributed by atoms with E-state index in [0.29, 0.717) is 6.04 Å². The van der Waals surface area contributed by atoms with Gasteiger partial charge >= 0.3 is 0 Å². The summed E-state index contributed by atoms with van der Waals surface area (Å²) in [7, 11) is 2.10. The van der Waals surface area contributed by atoms with Gasteiger partial charge in [-0.2, -0.15) is 0 Å². The van der Waals surface area contributed by atoms with Crippen molar-refractivity contribution in [1.29, 1.82) is 0 Å². The summed E-state index contributed by atoms with van der Waals surface area (Å²) in [4.78, 5) is 1.34. The molecule has 0 fully saturated rings. The molecule has 0 aliphatic carbocycles. The molecule has 2 unspecified atom stereocenters. The zero-order valence-corrected chi connectivity index (χ0v) is 15.4. The molecule has 0 aliphatic rings. The van der Waals surface area contributed by atoms with Crippen LogP contribution in [0.25, 0.3) is 0 Å². The minimum atomic E-state index is 0.605. The van der Waals surface area contributed by atoms with Gasteiger partial charge in [-0.3, -0.25) is 0 Å². The highest BCUT2D eigenvalue weighted by Crippen LogP contribution is 2.29. The van der Waals surface area contributed by atoms with Crippen molar-refractivity contribution in [2.24, 2.45) is 5.92 Å². The lowest BCUT2D eigenvalue weighted by atomic mass is 9.93. The van der Waals surface area contributed by atoms with Gasteiger partial charge in [0.25, 0.3) is 0 Å². The van der Waals surface area contributed by atoms with Gasteiger partial charge in [0, 0.05) is 21.2 Å². The maximum atomic E-state index is 3.63. The minimum absolute atomic E-state index is 0.605. The molecule has 1 nitrogen and oxygen atoms in total. The van der Waals surface area contributed by atoms with E-state index in [1.54, 1.807) is 0 Å². The SMILES string of the molecule is CCCCC(CC)CC(CSc1ccccc1Br)NC. The number of rotatable bonds is 10. The second-order valence-corrected chi connectivity index (χ2v) is 7.30. The Kier molecular flexibility index (Phi) is 9.66. The summed E-state index contributed by atoms with van der Waals surface area (Å²) < 4.78 is 1.21. The summed E-state index contributed by atoms with van der Waals surface area (Å²) in [6, 6.07) is 9.09. The molecule has 0 saturated heterocycles. The van der Waals surface area contributed by atoms with Gasteiger partial charge in [0.05, 0.1) is 0 Å². The van der Waals surface area contributed by atoms with E-state index in [1.807, 2.05) is 11.8 Å². The summed E-state index contributed by atoms with van der Waals surface area (Å²) in [5.41, 5.74) is 0. The van der Waals surface area contributed by atoms with Crippen molar-refractivity contribution >= 4 is 27.7 Å². The molecule has 0 radical (unpaired) electrons. The number of thioether (sulfide) groups is 1. The second-order valence-electron chi connectivity index (χ2n) is 5.38. The van der Waals surface area contributed by atoms with E-state index in [2.05, 4.69) is 66.4 Å². The number of unbranched alkanes of at least 4 members (excludes halogenated alkanes) is 1. The van der Waals surface area contributed by atoms with Crippen molar-refractivity contribution in [3.63, 3.8) is 0 Å². The molecule has 20 heavy (non-hydrogen) atoms. The van der Waals surface area contributed by atoms with Crippen molar-refractivity contribution < 1.29 is 0 Å². The molecule has 1 aromatic carbocycles. The Bertz CT molecular complexity index is 370. The minimum Gasteiger partial charge on any atom is -0.316 e. The molecule has 0 spiro atoms. The third kappa shape index (κ3) is 6.64. The molecule has 0 aromatic heterocycles. The van der Waals surface area contributed by atoms with Crippen LogP contribution >= 0.6 is 27.7 Å². The monoisotopic (exact) mass is 357 g/mol. The summed E-state index contributed by atoms with van der Waals surface area (Å²) in [6.45, 7) is 4.61. The fourth-order valence-electron chi connectivity index (χ4n) is 2.41. The van der Waals surface area contributed by atoms with Gasteiger partial charge in [-0.1, -0.05) is 51.7 Å². The van der Waals surface area contributed by atoms with Crippen molar-refractivity contribution in [2.45, 2.75) is 56.9 Å². The lowest BCUT2D eigenvalue weighted by Gasteiger charge is -2.22. The summed E-state index contributed by atoms with van der Waals surface area (Å²) >= 11 is 5.57. The van der Waals surface area contributed by atoms with Gasteiger partial charge in [0.15, 0.2) is 0 Å². The molecule has 2 atom stereocenters. The van der Waals surface area contributed by atoms with Gasteiger partial charge in [-0.15, -0.1) is 11.8 Å². The maximum absolute atomic E-state index is 3.63. The Morgan fingerprint density at radius 2 is 2.00 bits per heavy atom. The van der Waals surface area contributed by atoms with E-state index in [4.69, 9.17) is 0 Å². The van der Waals surface area contributed by atoms with E-state index in [9.17, 15) is 0 Å². The molecule has 1 rings (SSSR count). The highest BCUT2D eigenvalue weighted by atomic mass is 79.9. The molecular weight excluding hydrogens is 330 g/mol. The average molecular weight is 358 g/mol. The quantitative estimate of drug-likeness (QED) is 0.536. The van der Waals surface area contributed by atoms with Crippen LogP contribution in [0.2, 0.25) is 0 Å². The van der Waals surface area contributed by atoms with Crippen molar-refractivity contribution in [2.75, 3.05) is 12.8 Å². The molecular formula is C17H28BrNS. The van der Waals surface area contributed by atoms with Crippen LogP contribution in [-0.2, 0) is 0 Å². The Morgan fingerprint density at radius 3 is 2.60 bits per heavy atom. The van der Waals surface area contributed by atoms with Crippen LogP contribution in [0, 0.1) is 5.92 Å². The number of hydrogen-bond acceptors (Lipinski definition) is 2. The predicted molar refractivity (Wildman–Crippen MR) is 95.6 cm³/mol. The van der Waals surface area contributed by atoms with E-state index in [0.717, 1.165) is 11.7 Å². The Hall–Kier alpha value is 0.01000. The zero-order valence-electron chi connectivity index (χ0n) is 13.0. The Balaban J connectivity index is 2.44. The third-order valence-electron chi connectivity index (χ3n) is 3.85. The first-order valence-electron chi connectivity index (χ1n) is 7.75. The molecule has 0 heterocycles. The van der Waals surface area contributed by atoms with Crippen LogP contribution in [-0.4, -0.2) is 18.8 Å². The summed E-state index contributed by atoms with van der Waals surface area (Å²) in [5.74, 6) is 2.01. The lowest BCUT2D eigenvalue weighted by Crippen LogP contribution is -2.30. The highest BCUT2D eigenvalue weighted by molar-refractivity contribution is 9.10. The molecule has 114 valence electrons. The van der Waals surface area contributed by atoms with E-state index >= 15 is 0 Å². The first kappa shape index (κ1) is 18.1. The Morgan fingerprint density at radius 1 is 1.25 bits per heavy atom. The molecule has 0 aliphatic heterocycles. The smallest absolute Gasteiger partial charge is 0.0311 e. The van der Waals surface area contributed by atoms with Crippen LogP contribution in [0.5, 0.6) is 0 Å². The number of nitrogens with one attached hydrogen (secondary N) is 1. The fourth-order valence-corrected chi connectivity index (χ4v) is 4.10. The third-order valence-corrected chi connectivity index (χ3v) is 6.04. The Labute approximate surface area is 137 Å². The highest BCUT2D eigenvalue weighted by Gasteiger charge is 2.14. The van der Waals surface area contributed by atoms with Crippen LogP contribution in [0.1, 0.15) is 46.0 Å². The first-order chi connectivity index (χ1) is 9.71. The van der Waals surface area contributed by atoms with Crippen LogP contribution in [0.15, 0.2) is 33.6 Å². The van der Waals surface area contributed by atoms with Crippen molar-refractivity contribution in [3.8, 4) is 0 Å². The molecule has 0 bridgehead atoms. The molecule has 0 saturated carbocycles. The van der Waals surface area contributed by atoms with Gasteiger partial charge in [-0.25, -0.2) is 0 Å². The first-order valence-corrected chi connectivity index (χ1v) is 9.53. The predicted octanol–water partition coefficient (Wildman–Crippen LogP) is 5.74. The molecule has 1 aromatic rings. The molecule has 0 amide bonds. The van der Waals surface area contributed by atoms with Gasteiger partial charge in [0.2, 0.25) is 0 Å². The number of hydrogen-bond donors (Lipinski definition) is 1. The summed E-state index contributed by atoms with van der Waals surface area (Å²) in [6.07, 6.45) is 6.66.